The van der Waals surface area contributed by atoms with Crippen LogP contribution in [0.2, 0.25) is 0 Å². The van der Waals surface area contributed by atoms with Crippen molar-refractivity contribution in [3.05, 3.63) is 28.3 Å². The first-order chi connectivity index (χ1) is 8.95. The lowest BCUT2D eigenvalue weighted by atomic mass is 10.3. The van der Waals surface area contributed by atoms with Crippen LogP contribution in [0.15, 0.2) is 23.1 Å². The Balaban J connectivity index is 2.39. The molecule has 0 atom stereocenters. The highest BCUT2D eigenvalue weighted by Crippen LogP contribution is 2.32. The molecule has 0 saturated heterocycles. The lowest BCUT2D eigenvalue weighted by Gasteiger charge is -2.09. The first-order valence-corrected chi connectivity index (χ1v) is 7.17. The highest BCUT2D eigenvalue weighted by atomic mass is 32.2. The SMILES string of the molecule is NNc1cccc(S(=O)(=O)NCC2CC2)c1[N+](=O)[O-]. The van der Waals surface area contributed by atoms with Crippen molar-refractivity contribution < 1.29 is 13.3 Å². The number of hydrogen-bond donors (Lipinski definition) is 3. The van der Waals surface area contributed by atoms with Crippen LogP contribution in [0.1, 0.15) is 12.8 Å². The first kappa shape index (κ1) is 13.7. The molecule has 1 aliphatic carbocycles. The topological polar surface area (TPSA) is 127 Å². The number of nitrogen functional groups attached to an aromatic ring is 1. The van der Waals surface area contributed by atoms with Crippen molar-refractivity contribution in [3.8, 4) is 0 Å². The van der Waals surface area contributed by atoms with Gasteiger partial charge in [0.15, 0.2) is 4.90 Å². The van der Waals surface area contributed by atoms with Crippen LogP contribution in [0.3, 0.4) is 0 Å². The van der Waals surface area contributed by atoms with Gasteiger partial charge in [-0.1, -0.05) is 6.07 Å². The quantitative estimate of drug-likeness (QED) is 0.398. The summed E-state index contributed by atoms with van der Waals surface area (Å²) in [6.07, 6.45) is 1.96. The Kier molecular flexibility index (Phi) is 3.69. The van der Waals surface area contributed by atoms with Gasteiger partial charge in [-0.2, -0.15) is 0 Å². The highest BCUT2D eigenvalue weighted by molar-refractivity contribution is 7.89. The average Bonchev–Trinajstić information content (AvgIpc) is 3.19. The maximum Gasteiger partial charge on any atom is 0.313 e. The van der Waals surface area contributed by atoms with E-state index >= 15 is 0 Å². The van der Waals surface area contributed by atoms with Crippen molar-refractivity contribution in [3.63, 3.8) is 0 Å². The van der Waals surface area contributed by atoms with Crippen LogP contribution in [-0.2, 0) is 10.0 Å². The number of para-hydroxylation sites is 1. The molecule has 0 amide bonds. The lowest BCUT2D eigenvalue weighted by molar-refractivity contribution is -0.386. The third kappa shape index (κ3) is 3.00. The minimum atomic E-state index is -3.91. The van der Waals surface area contributed by atoms with E-state index in [1.165, 1.54) is 18.2 Å². The second kappa shape index (κ2) is 5.11. The maximum atomic E-state index is 12.1. The summed E-state index contributed by atoms with van der Waals surface area (Å²) in [6, 6.07) is 3.93. The minimum absolute atomic E-state index is 0.0423. The summed E-state index contributed by atoms with van der Waals surface area (Å²) in [5.74, 6) is 5.50. The minimum Gasteiger partial charge on any atom is -0.318 e. The fourth-order valence-electron chi connectivity index (χ4n) is 1.67. The van der Waals surface area contributed by atoms with E-state index in [4.69, 9.17) is 5.84 Å². The van der Waals surface area contributed by atoms with E-state index < -0.39 is 20.6 Å². The van der Waals surface area contributed by atoms with Gasteiger partial charge in [-0.3, -0.25) is 16.0 Å². The van der Waals surface area contributed by atoms with E-state index in [9.17, 15) is 18.5 Å². The Hall–Kier alpha value is -1.71. The number of rotatable bonds is 6. The van der Waals surface area contributed by atoms with Crippen molar-refractivity contribution in [2.75, 3.05) is 12.0 Å². The number of nitro benzene ring substituents is 1. The Labute approximate surface area is 110 Å². The lowest BCUT2D eigenvalue weighted by Crippen LogP contribution is -2.27. The normalized spacial score (nSPS) is 15.2. The number of nitrogens with one attached hydrogen (secondary N) is 2. The molecule has 9 heteroatoms. The van der Waals surface area contributed by atoms with Crippen LogP contribution in [0.25, 0.3) is 0 Å². The Morgan fingerprint density at radius 1 is 1.42 bits per heavy atom. The third-order valence-electron chi connectivity index (χ3n) is 2.89. The van der Waals surface area contributed by atoms with Crippen LogP contribution in [0, 0.1) is 16.0 Å². The van der Waals surface area contributed by atoms with Gasteiger partial charge in [0, 0.05) is 6.54 Å². The van der Waals surface area contributed by atoms with Gasteiger partial charge in [0.2, 0.25) is 10.0 Å². The number of nitro groups is 1. The maximum absolute atomic E-state index is 12.1. The number of sulfonamides is 1. The summed E-state index contributed by atoms with van der Waals surface area (Å²) in [4.78, 5) is 9.87. The van der Waals surface area contributed by atoms with Crippen LogP contribution >= 0.6 is 0 Å². The number of nitrogens with zero attached hydrogens (tertiary/aromatic N) is 1. The van der Waals surface area contributed by atoms with Gasteiger partial charge in [-0.25, -0.2) is 13.1 Å². The summed E-state index contributed by atoms with van der Waals surface area (Å²) >= 11 is 0. The van der Waals surface area contributed by atoms with E-state index in [0.29, 0.717) is 12.5 Å². The molecule has 19 heavy (non-hydrogen) atoms. The van der Waals surface area contributed by atoms with Crippen LogP contribution in [0.5, 0.6) is 0 Å². The average molecular weight is 286 g/mol. The molecule has 0 radical (unpaired) electrons. The van der Waals surface area contributed by atoms with E-state index in [-0.39, 0.29) is 10.6 Å². The van der Waals surface area contributed by atoms with Crippen molar-refractivity contribution in [1.29, 1.82) is 0 Å². The molecule has 1 saturated carbocycles. The van der Waals surface area contributed by atoms with Crippen molar-refractivity contribution in [1.82, 2.24) is 4.72 Å². The molecule has 104 valence electrons. The van der Waals surface area contributed by atoms with E-state index in [2.05, 4.69) is 10.1 Å². The Morgan fingerprint density at radius 2 is 2.11 bits per heavy atom. The molecular weight excluding hydrogens is 272 g/mol. The molecule has 0 unspecified atom stereocenters. The van der Waals surface area contributed by atoms with Crippen molar-refractivity contribution in [2.45, 2.75) is 17.7 Å². The van der Waals surface area contributed by atoms with Crippen LogP contribution < -0.4 is 16.0 Å². The summed E-state index contributed by atoms with van der Waals surface area (Å²) in [6.45, 7) is 0.305. The van der Waals surface area contributed by atoms with Crippen molar-refractivity contribution in [2.24, 2.45) is 11.8 Å². The van der Waals surface area contributed by atoms with Crippen molar-refractivity contribution >= 4 is 21.4 Å². The monoisotopic (exact) mass is 286 g/mol. The zero-order valence-electron chi connectivity index (χ0n) is 10.00. The fraction of sp³-hybridized carbons (Fsp3) is 0.400. The zero-order valence-corrected chi connectivity index (χ0v) is 10.8. The smallest absolute Gasteiger partial charge is 0.313 e. The van der Waals surface area contributed by atoms with E-state index in [0.717, 1.165) is 12.8 Å². The predicted octanol–water partition coefficient (Wildman–Crippen LogP) is 0.569. The first-order valence-electron chi connectivity index (χ1n) is 5.69. The third-order valence-corrected chi connectivity index (χ3v) is 4.34. The fourth-order valence-corrected chi connectivity index (χ4v) is 2.98. The predicted molar refractivity (Wildman–Crippen MR) is 68.8 cm³/mol. The molecule has 0 bridgehead atoms. The molecule has 2 rings (SSSR count). The molecule has 0 aromatic heterocycles. The molecular formula is C10H14N4O4S. The standard InChI is InChI=1S/C10H14N4O4S/c11-13-8-2-1-3-9(10(8)14(15)16)19(17,18)12-6-7-4-5-7/h1-3,7,12-13H,4-6,11H2. The summed E-state index contributed by atoms with van der Waals surface area (Å²) in [5, 5.41) is 11.0. The molecule has 1 aromatic carbocycles. The largest absolute Gasteiger partial charge is 0.318 e. The number of hydrogen-bond acceptors (Lipinski definition) is 6. The molecule has 1 aliphatic rings. The second-order valence-corrected chi connectivity index (χ2v) is 6.08. The van der Waals surface area contributed by atoms with Gasteiger partial charge in [-0.15, -0.1) is 0 Å². The molecule has 4 N–H and O–H groups in total. The second-order valence-electron chi connectivity index (χ2n) is 4.35. The molecule has 1 aromatic rings. The van der Waals surface area contributed by atoms with E-state index in [1.807, 2.05) is 0 Å². The summed E-state index contributed by atoms with van der Waals surface area (Å²) < 4.78 is 26.5. The van der Waals surface area contributed by atoms with Gasteiger partial charge < -0.3 is 5.43 Å². The molecule has 8 nitrogen and oxygen atoms in total. The molecule has 1 fully saturated rings. The number of nitrogens with two attached hydrogens (primary N) is 1. The van der Waals surface area contributed by atoms with Gasteiger partial charge in [0.05, 0.1) is 4.92 Å². The number of benzene rings is 1. The van der Waals surface area contributed by atoms with Gasteiger partial charge in [0.1, 0.15) is 5.69 Å². The molecule has 0 heterocycles. The Morgan fingerprint density at radius 3 is 2.63 bits per heavy atom. The Bertz CT molecular complexity index is 598. The molecule has 0 spiro atoms. The number of hydrazine groups is 1. The van der Waals surface area contributed by atoms with E-state index in [1.54, 1.807) is 0 Å². The highest BCUT2D eigenvalue weighted by Gasteiger charge is 2.30. The van der Waals surface area contributed by atoms with Gasteiger partial charge in [-0.05, 0) is 30.9 Å². The molecule has 0 aliphatic heterocycles. The van der Waals surface area contributed by atoms with Gasteiger partial charge >= 0.3 is 5.69 Å². The van der Waals surface area contributed by atoms with Gasteiger partial charge in [0.25, 0.3) is 0 Å². The number of anilines is 1. The van der Waals surface area contributed by atoms with Crippen LogP contribution in [0.4, 0.5) is 11.4 Å². The summed E-state index contributed by atoms with van der Waals surface area (Å²) in [7, 11) is -3.91. The summed E-state index contributed by atoms with van der Waals surface area (Å²) in [5.41, 5.74) is 1.54. The zero-order chi connectivity index (χ0) is 14.0. The van der Waals surface area contributed by atoms with Crippen LogP contribution in [-0.4, -0.2) is 19.9 Å².